The van der Waals surface area contributed by atoms with Crippen LogP contribution in [-0.4, -0.2) is 11.5 Å². The normalized spacial score (nSPS) is 9.65. The topological polar surface area (TPSA) is 55.2 Å². The number of halogens is 1. The van der Waals surface area contributed by atoms with Gasteiger partial charge in [-0.2, -0.15) is 0 Å². The SMILES string of the molecule is C#CCCCCNc1cc(Br)ccc1[N+](=O)[O-]. The van der Waals surface area contributed by atoms with Gasteiger partial charge in [0.1, 0.15) is 5.69 Å². The van der Waals surface area contributed by atoms with E-state index in [0.717, 1.165) is 23.7 Å². The molecule has 0 aliphatic heterocycles. The Labute approximate surface area is 109 Å². The van der Waals surface area contributed by atoms with Crippen molar-refractivity contribution in [2.45, 2.75) is 19.3 Å². The fraction of sp³-hybridized carbons (Fsp3) is 0.333. The molecule has 0 atom stereocenters. The Morgan fingerprint density at radius 3 is 2.88 bits per heavy atom. The number of terminal acetylenes is 1. The number of nitrogens with zero attached hydrogens (tertiary/aromatic N) is 1. The van der Waals surface area contributed by atoms with Crippen molar-refractivity contribution in [3.63, 3.8) is 0 Å². The molecular weight excluding hydrogens is 284 g/mol. The fourth-order valence-corrected chi connectivity index (χ4v) is 1.75. The highest BCUT2D eigenvalue weighted by atomic mass is 79.9. The summed E-state index contributed by atoms with van der Waals surface area (Å²) >= 11 is 3.29. The van der Waals surface area contributed by atoms with E-state index in [1.165, 1.54) is 6.07 Å². The van der Waals surface area contributed by atoms with Crippen molar-refractivity contribution in [3.05, 3.63) is 32.8 Å². The standard InChI is InChI=1S/C12H13BrN2O2/c1-2-3-4-5-8-14-11-9-10(13)6-7-12(11)15(16)17/h1,6-7,9,14H,3-5,8H2. The minimum atomic E-state index is -0.393. The summed E-state index contributed by atoms with van der Waals surface area (Å²) in [7, 11) is 0. The molecule has 17 heavy (non-hydrogen) atoms. The first kappa shape index (κ1) is 13.5. The predicted octanol–water partition coefficient (Wildman–Crippen LogP) is 3.57. The second-order valence-electron chi connectivity index (χ2n) is 3.51. The molecule has 0 saturated heterocycles. The van der Waals surface area contributed by atoms with Crippen LogP contribution >= 0.6 is 15.9 Å². The van der Waals surface area contributed by atoms with Crippen molar-refractivity contribution in [2.24, 2.45) is 0 Å². The van der Waals surface area contributed by atoms with E-state index in [1.807, 2.05) is 0 Å². The molecule has 1 rings (SSSR count). The molecule has 0 saturated carbocycles. The summed E-state index contributed by atoms with van der Waals surface area (Å²) < 4.78 is 0.814. The molecule has 0 bridgehead atoms. The molecule has 0 spiro atoms. The van der Waals surface area contributed by atoms with E-state index in [-0.39, 0.29) is 5.69 Å². The number of rotatable bonds is 6. The van der Waals surface area contributed by atoms with Crippen molar-refractivity contribution in [1.82, 2.24) is 0 Å². The Morgan fingerprint density at radius 2 is 2.24 bits per heavy atom. The zero-order chi connectivity index (χ0) is 12.7. The maximum atomic E-state index is 10.8. The first-order valence-corrected chi connectivity index (χ1v) is 6.05. The average Bonchev–Trinajstić information content (AvgIpc) is 2.28. The summed E-state index contributed by atoms with van der Waals surface area (Å²) in [5.41, 5.74) is 0.621. The van der Waals surface area contributed by atoms with E-state index in [1.54, 1.807) is 12.1 Å². The molecule has 0 heterocycles. The maximum absolute atomic E-state index is 10.8. The van der Waals surface area contributed by atoms with Gasteiger partial charge in [0.25, 0.3) is 5.69 Å². The number of anilines is 1. The van der Waals surface area contributed by atoms with Crippen molar-refractivity contribution >= 4 is 27.3 Å². The molecule has 0 radical (unpaired) electrons. The van der Waals surface area contributed by atoms with Gasteiger partial charge in [0.15, 0.2) is 0 Å². The van der Waals surface area contributed by atoms with Gasteiger partial charge in [0.05, 0.1) is 4.92 Å². The number of hydrogen-bond acceptors (Lipinski definition) is 3. The number of nitro groups is 1. The van der Waals surface area contributed by atoms with E-state index < -0.39 is 4.92 Å². The van der Waals surface area contributed by atoms with Gasteiger partial charge in [-0.25, -0.2) is 0 Å². The van der Waals surface area contributed by atoms with E-state index >= 15 is 0 Å². The summed E-state index contributed by atoms with van der Waals surface area (Å²) in [6.45, 7) is 0.680. The van der Waals surface area contributed by atoms with Crippen molar-refractivity contribution in [3.8, 4) is 12.3 Å². The van der Waals surface area contributed by atoms with E-state index in [2.05, 4.69) is 27.2 Å². The summed E-state index contributed by atoms with van der Waals surface area (Å²) in [4.78, 5) is 10.4. The van der Waals surface area contributed by atoms with Gasteiger partial charge in [-0.1, -0.05) is 15.9 Å². The zero-order valence-corrected chi connectivity index (χ0v) is 10.9. The van der Waals surface area contributed by atoms with Gasteiger partial charge < -0.3 is 5.32 Å². The van der Waals surface area contributed by atoms with Crippen molar-refractivity contribution < 1.29 is 4.92 Å². The van der Waals surface area contributed by atoms with Crippen LogP contribution in [0, 0.1) is 22.5 Å². The molecule has 1 aromatic carbocycles. The highest BCUT2D eigenvalue weighted by Gasteiger charge is 2.12. The lowest BCUT2D eigenvalue weighted by atomic mass is 10.2. The largest absolute Gasteiger partial charge is 0.379 e. The van der Waals surface area contributed by atoms with Crippen molar-refractivity contribution in [2.75, 3.05) is 11.9 Å². The van der Waals surface area contributed by atoms with Gasteiger partial charge in [-0.3, -0.25) is 10.1 Å². The third kappa shape index (κ3) is 4.45. The monoisotopic (exact) mass is 296 g/mol. The van der Waals surface area contributed by atoms with Crippen LogP contribution in [0.2, 0.25) is 0 Å². The Balaban J connectivity index is 2.60. The average molecular weight is 297 g/mol. The van der Waals surface area contributed by atoms with Crippen LogP contribution in [-0.2, 0) is 0 Å². The molecule has 0 fully saturated rings. The lowest BCUT2D eigenvalue weighted by Crippen LogP contribution is -2.04. The first-order valence-electron chi connectivity index (χ1n) is 5.26. The van der Waals surface area contributed by atoms with E-state index in [4.69, 9.17) is 6.42 Å². The van der Waals surface area contributed by atoms with Gasteiger partial charge in [0.2, 0.25) is 0 Å². The molecule has 4 nitrogen and oxygen atoms in total. The van der Waals surface area contributed by atoms with Gasteiger partial charge in [0, 0.05) is 23.5 Å². The van der Waals surface area contributed by atoms with Crippen LogP contribution in [0.15, 0.2) is 22.7 Å². The summed E-state index contributed by atoms with van der Waals surface area (Å²) in [6, 6.07) is 4.84. The second kappa shape index (κ2) is 6.92. The fourth-order valence-electron chi connectivity index (χ4n) is 1.38. The Morgan fingerprint density at radius 1 is 1.47 bits per heavy atom. The Kier molecular flexibility index (Phi) is 5.50. The van der Waals surface area contributed by atoms with Crippen LogP contribution in [0.25, 0.3) is 0 Å². The molecule has 0 unspecified atom stereocenters. The molecule has 0 amide bonds. The quantitative estimate of drug-likeness (QED) is 0.378. The minimum absolute atomic E-state index is 0.0881. The second-order valence-corrected chi connectivity index (χ2v) is 4.42. The number of hydrogen-bond donors (Lipinski definition) is 1. The van der Waals surface area contributed by atoms with E-state index in [0.29, 0.717) is 12.2 Å². The first-order chi connectivity index (χ1) is 8.15. The summed E-state index contributed by atoms with van der Waals surface area (Å²) in [5, 5.41) is 13.8. The molecule has 90 valence electrons. The van der Waals surface area contributed by atoms with E-state index in [9.17, 15) is 10.1 Å². The van der Waals surface area contributed by atoms with Crippen LogP contribution in [0.4, 0.5) is 11.4 Å². The lowest BCUT2D eigenvalue weighted by molar-refractivity contribution is -0.384. The third-order valence-electron chi connectivity index (χ3n) is 2.22. The highest BCUT2D eigenvalue weighted by molar-refractivity contribution is 9.10. The smallest absolute Gasteiger partial charge is 0.292 e. The molecule has 0 aliphatic rings. The number of benzene rings is 1. The van der Waals surface area contributed by atoms with Gasteiger partial charge in [-0.05, 0) is 25.0 Å². The summed E-state index contributed by atoms with van der Waals surface area (Å²) in [6.07, 6.45) is 7.70. The highest BCUT2D eigenvalue weighted by Crippen LogP contribution is 2.27. The van der Waals surface area contributed by atoms with Crippen LogP contribution in [0.1, 0.15) is 19.3 Å². The molecule has 0 aromatic heterocycles. The molecular formula is C12H13BrN2O2. The van der Waals surface area contributed by atoms with Crippen LogP contribution in [0.3, 0.4) is 0 Å². The lowest BCUT2D eigenvalue weighted by Gasteiger charge is -2.06. The van der Waals surface area contributed by atoms with Crippen molar-refractivity contribution in [1.29, 1.82) is 0 Å². The number of nitrogens with one attached hydrogen (secondary N) is 1. The Hall–Kier alpha value is -1.54. The van der Waals surface area contributed by atoms with Crippen LogP contribution < -0.4 is 5.32 Å². The third-order valence-corrected chi connectivity index (χ3v) is 2.71. The molecule has 0 aliphatic carbocycles. The van der Waals surface area contributed by atoms with Crippen LogP contribution in [0.5, 0.6) is 0 Å². The van der Waals surface area contributed by atoms with Gasteiger partial charge >= 0.3 is 0 Å². The molecule has 5 heteroatoms. The Bertz CT molecular complexity index is 441. The zero-order valence-electron chi connectivity index (χ0n) is 9.28. The predicted molar refractivity (Wildman–Crippen MR) is 72.0 cm³/mol. The van der Waals surface area contributed by atoms with Gasteiger partial charge in [-0.15, -0.1) is 12.3 Å². The minimum Gasteiger partial charge on any atom is -0.379 e. The molecule has 1 N–H and O–H groups in total. The number of nitro benzene ring substituents is 1. The summed E-state index contributed by atoms with van der Waals surface area (Å²) in [5.74, 6) is 2.56. The maximum Gasteiger partial charge on any atom is 0.292 e. The number of unbranched alkanes of at least 4 members (excludes halogenated alkanes) is 2. The molecule has 1 aromatic rings.